The number of hydrogen-bond acceptors (Lipinski definition) is 4. The molecule has 5 heteroatoms. The van der Waals surface area contributed by atoms with Crippen molar-refractivity contribution in [3.63, 3.8) is 0 Å². The van der Waals surface area contributed by atoms with Crippen molar-refractivity contribution in [2.45, 2.75) is 6.92 Å². The molecule has 0 aromatic heterocycles. The number of aliphatic imine (C=N–C) groups is 1. The number of esters is 1. The molecule has 0 N–H and O–H groups in total. The van der Waals surface area contributed by atoms with E-state index in [1.807, 2.05) is 0 Å². The summed E-state index contributed by atoms with van der Waals surface area (Å²) in [4.78, 5) is 23.9. The molecule has 0 spiro atoms. The van der Waals surface area contributed by atoms with Crippen molar-refractivity contribution in [3.05, 3.63) is 11.6 Å². The summed E-state index contributed by atoms with van der Waals surface area (Å²) in [6.45, 7) is 1.83. The number of nitrogens with zero attached hydrogens (tertiary/aromatic N) is 1. The van der Waals surface area contributed by atoms with Gasteiger partial charge in [0.2, 0.25) is 6.08 Å². The zero-order chi connectivity index (χ0) is 10.1. The topological polar surface area (TPSA) is 55.7 Å². The molecule has 0 bridgehead atoms. The predicted molar refractivity (Wildman–Crippen MR) is 48.4 cm³/mol. The van der Waals surface area contributed by atoms with Gasteiger partial charge in [-0.15, -0.1) is 11.6 Å². The minimum absolute atomic E-state index is 0.0849. The first-order valence-electron chi connectivity index (χ1n) is 3.66. The maximum absolute atomic E-state index is 11.0. The lowest BCUT2D eigenvalue weighted by Gasteiger charge is -2.01. The van der Waals surface area contributed by atoms with Gasteiger partial charge in [-0.25, -0.2) is 14.6 Å². The van der Waals surface area contributed by atoms with Gasteiger partial charge >= 0.3 is 5.97 Å². The van der Waals surface area contributed by atoms with Crippen LogP contribution in [-0.4, -0.2) is 31.1 Å². The van der Waals surface area contributed by atoms with E-state index >= 15 is 0 Å². The molecule has 0 saturated heterocycles. The quantitative estimate of drug-likeness (QED) is 0.168. The molecular weight excluding hydrogens is 194 g/mol. The van der Waals surface area contributed by atoms with Gasteiger partial charge in [0.1, 0.15) is 6.61 Å². The van der Waals surface area contributed by atoms with Crippen LogP contribution in [0.25, 0.3) is 0 Å². The number of hydrogen-bond donors (Lipinski definition) is 0. The molecule has 0 aromatic carbocycles. The van der Waals surface area contributed by atoms with E-state index in [4.69, 9.17) is 16.3 Å². The van der Waals surface area contributed by atoms with Gasteiger partial charge in [0.15, 0.2) is 0 Å². The fraction of sp³-hybridized carbons (Fsp3) is 0.500. The lowest BCUT2D eigenvalue weighted by atomic mass is 10.3. The summed E-state index contributed by atoms with van der Waals surface area (Å²) >= 11 is 5.37. The molecule has 0 aliphatic rings. The van der Waals surface area contributed by atoms with Gasteiger partial charge in [0, 0.05) is 11.5 Å². The van der Waals surface area contributed by atoms with Gasteiger partial charge in [0.25, 0.3) is 0 Å². The summed E-state index contributed by atoms with van der Waals surface area (Å²) in [6, 6.07) is 0. The highest BCUT2D eigenvalue weighted by Gasteiger charge is 2.03. The first-order valence-corrected chi connectivity index (χ1v) is 4.19. The molecule has 0 fully saturated rings. The van der Waals surface area contributed by atoms with E-state index in [1.54, 1.807) is 13.0 Å². The fourth-order valence-corrected chi connectivity index (χ4v) is 0.774. The number of carbonyl (C=O) groups is 1. The Labute approximate surface area is 81.2 Å². The standard InChI is InChI=1S/C8H10ClNO3/c1-7(2-3-9)8(12)13-5-4-10-6-11/h2H,3-5H2,1H3. The minimum atomic E-state index is -0.443. The fourth-order valence-electron chi connectivity index (χ4n) is 0.543. The van der Waals surface area contributed by atoms with E-state index in [9.17, 15) is 9.59 Å². The molecule has 0 aliphatic carbocycles. The maximum atomic E-state index is 11.0. The molecule has 0 aliphatic heterocycles. The summed E-state index contributed by atoms with van der Waals surface area (Å²) in [7, 11) is 0. The van der Waals surface area contributed by atoms with Crippen molar-refractivity contribution in [1.82, 2.24) is 0 Å². The lowest BCUT2D eigenvalue weighted by Crippen LogP contribution is -2.08. The Bertz CT molecular complexity index is 244. The number of rotatable bonds is 5. The Morgan fingerprint density at radius 2 is 2.38 bits per heavy atom. The van der Waals surface area contributed by atoms with E-state index in [2.05, 4.69) is 4.99 Å². The van der Waals surface area contributed by atoms with Crippen LogP contribution in [0.1, 0.15) is 6.92 Å². The number of carbonyl (C=O) groups excluding carboxylic acids is 2. The summed E-state index contributed by atoms with van der Waals surface area (Å²) in [5.41, 5.74) is 0.449. The molecular formula is C8H10ClNO3. The van der Waals surface area contributed by atoms with Crippen molar-refractivity contribution >= 4 is 23.7 Å². The molecule has 72 valence electrons. The van der Waals surface area contributed by atoms with Gasteiger partial charge in [-0.3, -0.25) is 0 Å². The molecule has 0 unspecified atom stereocenters. The number of alkyl halides is 1. The van der Waals surface area contributed by atoms with Crippen LogP contribution in [0.5, 0.6) is 0 Å². The second-order valence-corrected chi connectivity index (χ2v) is 2.46. The monoisotopic (exact) mass is 203 g/mol. The molecule has 0 saturated carbocycles. The van der Waals surface area contributed by atoms with Crippen LogP contribution in [0.4, 0.5) is 0 Å². The normalized spacial score (nSPS) is 10.5. The van der Waals surface area contributed by atoms with Gasteiger partial charge < -0.3 is 4.74 Å². The van der Waals surface area contributed by atoms with Crippen LogP contribution in [0.15, 0.2) is 16.6 Å². The van der Waals surface area contributed by atoms with Crippen molar-refractivity contribution in [1.29, 1.82) is 0 Å². The van der Waals surface area contributed by atoms with E-state index in [-0.39, 0.29) is 19.0 Å². The largest absolute Gasteiger partial charge is 0.460 e. The second kappa shape index (κ2) is 7.53. The van der Waals surface area contributed by atoms with Gasteiger partial charge in [-0.2, -0.15) is 0 Å². The average Bonchev–Trinajstić information content (AvgIpc) is 2.12. The Morgan fingerprint density at radius 3 is 2.92 bits per heavy atom. The summed E-state index contributed by atoms with van der Waals surface area (Å²) in [6.07, 6.45) is 2.89. The Morgan fingerprint density at radius 1 is 1.69 bits per heavy atom. The van der Waals surface area contributed by atoms with Crippen LogP contribution in [-0.2, 0) is 14.3 Å². The average molecular weight is 204 g/mol. The first kappa shape index (κ1) is 11.9. The first-order chi connectivity index (χ1) is 6.22. The molecule has 0 radical (unpaired) electrons. The van der Waals surface area contributed by atoms with Crippen molar-refractivity contribution in [2.75, 3.05) is 19.0 Å². The zero-order valence-corrected chi connectivity index (χ0v) is 8.00. The Balaban J connectivity index is 3.74. The molecule has 0 amide bonds. The van der Waals surface area contributed by atoms with E-state index in [0.29, 0.717) is 5.57 Å². The van der Waals surface area contributed by atoms with Crippen LogP contribution in [0.2, 0.25) is 0 Å². The maximum Gasteiger partial charge on any atom is 0.333 e. The predicted octanol–water partition coefficient (Wildman–Crippen LogP) is 1.05. The number of halogens is 1. The van der Waals surface area contributed by atoms with Gasteiger partial charge in [0.05, 0.1) is 6.54 Å². The third-order valence-electron chi connectivity index (χ3n) is 1.21. The van der Waals surface area contributed by atoms with E-state index < -0.39 is 5.97 Å². The zero-order valence-electron chi connectivity index (χ0n) is 7.25. The molecule has 13 heavy (non-hydrogen) atoms. The van der Waals surface area contributed by atoms with E-state index in [1.165, 1.54) is 6.08 Å². The molecule has 0 rings (SSSR count). The smallest absolute Gasteiger partial charge is 0.333 e. The third-order valence-corrected chi connectivity index (χ3v) is 1.36. The van der Waals surface area contributed by atoms with Gasteiger partial charge in [-0.1, -0.05) is 6.08 Å². The third kappa shape index (κ3) is 6.08. The number of allylic oxidation sites excluding steroid dienone is 1. The van der Waals surface area contributed by atoms with Crippen LogP contribution >= 0.6 is 11.6 Å². The highest BCUT2D eigenvalue weighted by molar-refractivity contribution is 6.19. The van der Waals surface area contributed by atoms with Gasteiger partial charge in [-0.05, 0) is 6.92 Å². The highest BCUT2D eigenvalue weighted by Crippen LogP contribution is 1.97. The van der Waals surface area contributed by atoms with Crippen molar-refractivity contribution in [3.8, 4) is 0 Å². The highest BCUT2D eigenvalue weighted by atomic mass is 35.5. The SMILES string of the molecule is CC(=CCCl)C(=O)OCCN=C=O. The Hall–Kier alpha value is -1.12. The number of isocyanates is 1. The Kier molecular flexibility index (Phi) is 6.88. The summed E-state index contributed by atoms with van der Waals surface area (Å²) in [5.74, 6) is -0.172. The second-order valence-electron chi connectivity index (χ2n) is 2.15. The molecule has 0 aromatic rings. The minimum Gasteiger partial charge on any atom is -0.460 e. The van der Waals surface area contributed by atoms with Crippen molar-refractivity contribution in [2.24, 2.45) is 4.99 Å². The molecule has 0 atom stereocenters. The lowest BCUT2D eigenvalue weighted by molar-refractivity contribution is -0.138. The molecule has 0 heterocycles. The van der Waals surface area contributed by atoms with Crippen LogP contribution in [0, 0.1) is 0 Å². The molecule has 4 nitrogen and oxygen atoms in total. The van der Waals surface area contributed by atoms with Crippen LogP contribution in [0.3, 0.4) is 0 Å². The summed E-state index contributed by atoms with van der Waals surface area (Å²) in [5, 5.41) is 0. The van der Waals surface area contributed by atoms with E-state index in [0.717, 1.165) is 0 Å². The summed E-state index contributed by atoms with van der Waals surface area (Å²) < 4.78 is 4.72. The van der Waals surface area contributed by atoms with Crippen LogP contribution < -0.4 is 0 Å². The number of ether oxygens (including phenoxy) is 1. The van der Waals surface area contributed by atoms with Crippen molar-refractivity contribution < 1.29 is 14.3 Å².